The van der Waals surface area contributed by atoms with Crippen molar-refractivity contribution in [3.63, 3.8) is 0 Å². The summed E-state index contributed by atoms with van der Waals surface area (Å²) in [5.74, 6) is -2.44. The second-order valence-corrected chi connectivity index (χ2v) is 12.4. The van der Waals surface area contributed by atoms with Crippen molar-refractivity contribution in [2.45, 2.75) is 55.2 Å². The van der Waals surface area contributed by atoms with Gasteiger partial charge >= 0.3 is 5.97 Å². The summed E-state index contributed by atoms with van der Waals surface area (Å²) >= 11 is 7.62. The molecule has 2 amide bonds. The molecular formula is C28H33ClN2O5S. The molecule has 1 unspecified atom stereocenters. The first-order valence-corrected chi connectivity index (χ1v) is 14.2. The van der Waals surface area contributed by atoms with Crippen LogP contribution in [0, 0.1) is 17.8 Å². The Kier molecular flexibility index (Phi) is 7.44. The van der Waals surface area contributed by atoms with E-state index in [2.05, 4.69) is 6.08 Å². The molecule has 9 heteroatoms. The van der Waals surface area contributed by atoms with E-state index in [9.17, 15) is 19.5 Å². The van der Waals surface area contributed by atoms with Crippen LogP contribution in [0.15, 0.2) is 48.6 Å². The quantitative estimate of drug-likeness (QED) is 0.458. The lowest BCUT2D eigenvalue weighted by Gasteiger charge is -2.39. The van der Waals surface area contributed by atoms with Gasteiger partial charge in [0.05, 0.1) is 35.8 Å². The van der Waals surface area contributed by atoms with Crippen molar-refractivity contribution in [1.29, 1.82) is 0 Å². The van der Waals surface area contributed by atoms with Crippen LogP contribution in [0.2, 0.25) is 5.02 Å². The van der Waals surface area contributed by atoms with E-state index in [1.54, 1.807) is 34.1 Å². The van der Waals surface area contributed by atoms with Gasteiger partial charge in [-0.1, -0.05) is 49.8 Å². The van der Waals surface area contributed by atoms with Crippen molar-refractivity contribution >= 4 is 46.8 Å². The van der Waals surface area contributed by atoms with Crippen molar-refractivity contribution in [3.05, 3.63) is 53.6 Å². The highest BCUT2D eigenvalue weighted by Gasteiger charge is 2.71. The summed E-state index contributed by atoms with van der Waals surface area (Å²) in [5.41, 5.74) is 0.679. The molecule has 2 fully saturated rings. The molecule has 4 heterocycles. The van der Waals surface area contributed by atoms with E-state index in [1.807, 2.05) is 32.1 Å². The summed E-state index contributed by atoms with van der Waals surface area (Å²) in [6.45, 7) is 4.24. The van der Waals surface area contributed by atoms with E-state index >= 15 is 0 Å². The molecule has 2 saturated heterocycles. The minimum Gasteiger partial charge on any atom is -0.465 e. The van der Waals surface area contributed by atoms with E-state index in [0.717, 1.165) is 19.3 Å². The minimum atomic E-state index is -0.954. The second-order valence-electron chi connectivity index (χ2n) is 10.5. The lowest BCUT2D eigenvalue weighted by Crippen LogP contribution is -2.57. The number of benzene rings is 1. The Labute approximate surface area is 226 Å². The average molecular weight is 545 g/mol. The number of carbonyl (C=O) groups excluding carboxylic acids is 3. The highest BCUT2D eigenvalue weighted by Crippen LogP contribution is 2.61. The largest absolute Gasteiger partial charge is 0.465 e. The summed E-state index contributed by atoms with van der Waals surface area (Å²) in [4.78, 5) is 45.4. The first-order valence-electron chi connectivity index (χ1n) is 13.0. The number of cyclic esters (lactones) is 1. The Morgan fingerprint density at radius 3 is 2.59 bits per heavy atom. The smallest absolute Gasteiger partial charge is 0.311 e. The number of hydrogen-bond acceptors (Lipinski definition) is 6. The normalized spacial score (nSPS) is 33.5. The molecule has 0 aliphatic carbocycles. The number of hydrogen-bond donors (Lipinski definition) is 1. The molecule has 4 aliphatic rings. The van der Waals surface area contributed by atoms with Gasteiger partial charge in [0.1, 0.15) is 6.04 Å². The zero-order valence-electron chi connectivity index (χ0n) is 21.1. The van der Waals surface area contributed by atoms with Crippen LogP contribution in [0.25, 0.3) is 0 Å². The lowest BCUT2D eigenvalue weighted by atomic mass is 9.78. The van der Waals surface area contributed by atoms with E-state index in [0.29, 0.717) is 23.9 Å². The number of amides is 2. The van der Waals surface area contributed by atoms with Gasteiger partial charge in [0.15, 0.2) is 0 Å². The predicted molar refractivity (Wildman–Crippen MR) is 144 cm³/mol. The van der Waals surface area contributed by atoms with Crippen LogP contribution in [0.4, 0.5) is 5.69 Å². The summed E-state index contributed by atoms with van der Waals surface area (Å²) in [7, 11) is 0. The standard InChI is InChI=1S/C28H33ClN2O5S/c1-17(2)20(16-32)31-24-26(34)30(19-11-9-18(29)10-12-19)14-7-13-28(24)23(25(31)33)22-21(37-28)8-5-3-4-6-15-36-27(22)35/h5,7-13,17,20-24,32H,3-4,6,14-16H2,1-2H3/b8-5-/t20-,21-,22+,23-,24?,28-/m0/s1. The molecule has 1 spiro atoms. The van der Waals surface area contributed by atoms with Gasteiger partial charge < -0.3 is 19.6 Å². The topological polar surface area (TPSA) is 87.2 Å². The Balaban J connectivity index is 1.64. The number of nitrogens with zero attached hydrogens (tertiary/aromatic N) is 2. The number of fused-ring (bicyclic) bond motifs is 2. The van der Waals surface area contributed by atoms with Gasteiger partial charge in [0.2, 0.25) is 5.91 Å². The van der Waals surface area contributed by atoms with Gasteiger partial charge in [-0.3, -0.25) is 14.4 Å². The molecule has 0 saturated carbocycles. The Hall–Kier alpha value is -2.29. The van der Waals surface area contributed by atoms with E-state index in [1.165, 1.54) is 11.8 Å². The van der Waals surface area contributed by atoms with Crippen LogP contribution in [-0.4, -0.2) is 69.6 Å². The fraction of sp³-hybridized carbons (Fsp3) is 0.536. The summed E-state index contributed by atoms with van der Waals surface area (Å²) in [6, 6.07) is 5.62. The number of halogens is 1. The van der Waals surface area contributed by atoms with Gasteiger partial charge in [0.25, 0.3) is 5.91 Å². The summed E-state index contributed by atoms with van der Waals surface area (Å²) in [5, 5.41) is 10.7. The third-order valence-electron chi connectivity index (χ3n) is 7.99. The predicted octanol–water partition coefficient (Wildman–Crippen LogP) is 3.84. The van der Waals surface area contributed by atoms with Gasteiger partial charge in [-0.15, -0.1) is 11.8 Å². The molecule has 37 heavy (non-hydrogen) atoms. The number of aliphatic hydroxyl groups excluding tert-OH is 1. The Morgan fingerprint density at radius 1 is 1.14 bits per heavy atom. The van der Waals surface area contributed by atoms with Crippen LogP contribution < -0.4 is 4.90 Å². The van der Waals surface area contributed by atoms with Gasteiger partial charge in [-0.05, 0) is 49.4 Å². The third-order valence-corrected chi connectivity index (χ3v) is 9.99. The Bertz CT molecular complexity index is 1120. The third kappa shape index (κ3) is 4.41. The van der Waals surface area contributed by atoms with Crippen LogP contribution in [0.3, 0.4) is 0 Å². The van der Waals surface area contributed by atoms with Gasteiger partial charge in [-0.25, -0.2) is 0 Å². The molecule has 6 atom stereocenters. The van der Waals surface area contributed by atoms with Crippen molar-refractivity contribution < 1.29 is 24.2 Å². The fourth-order valence-electron chi connectivity index (χ4n) is 6.19. The lowest BCUT2D eigenvalue weighted by molar-refractivity contribution is -0.153. The molecule has 7 nitrogen and oxygen atoms in total. The average Bonchev–Trinajstić information content (AvgIpc) is 3.25. The van der Waals surface area contributed by atoms with E-state index in [4.69, 9.17) is 16.3 Å². The van der Waals surface area contributed by atoms with Crippen LogP contribution >= 0.6 is 23.4 Å². The fourth-order valence-corrected chi connectivity index (χ4v) is 8.30. The number of ether oxygens (including phenoxy) is 1. The maximum atomic E-state index is 14.4. The monoisotopic (exact) mass is 544 g/mol. The number of rotatable bonds is 4. The Morgan fingerprint density at radius 2 is 1.89 bits per heavy atom. The zero-order chi connectivity index (χ0) is 26.3. The molecule has 0 radical (unpaired) electrons. The van der Waals surface area contributed by atoms with E-state index < -0.39 is 28.7 Å². The molecule has 1 aromatic carbocycles. The molecule has 198 valence electrons. The molecule has 1 N–H and O–H groups in total. The first kappa shape index (κ1) is 26.3. The van der Waals surface area contributed by atoms with Gasteiger partial charge in [0, 0.05) is 22.5 Å². The van der Waals surface area contributed by atoms with Crippen LogP contribution in [0.1, 0.15) is 33.1 Å². The molecule has 1 aromatic rings. The number of carbonyl (C=O) groups is 3. The maximum Gasteiger partial charge on any atom is 0.311 e. The molecule has 5 rings (SSSR count). The number of anilines is 1. The summed E-state index contributed by atoms with van der Waals surface area (Å²) in [6.07, 6.45) is 10.6. The number of likely N-dealkylation sites (tertiary alicyclic amines) is 1. The SMILES string of the molecule is CC(C)[C@H](CO)N1C(=O)[C@@H]2[C@@H]3C(=O)OCCCC/C=C\[C@@H]3S[C@@]23C=CCN(c2ccc(Cl)cc2)C(=O)C13. The summed E-state index contributed by atoms with van der Waals surface area (Å²) < 4.78 is 4.70. The first-order chi connectivity index (χ1) is 17.8. The van der Waals surface area contributed by atoms with Crippen molar-refractivity contribution in [3.8, 4) is 0 Å². The van der Waals surface area contributed by atoms with Crippen molar-refractivity contribution in [2.24, 2.45) is 17.8 Å². The van der Waals surface area contributed by atoms with Crippen LogP contribution in [-0.2, 0) is 19.1 Å². The van der Waals surface area contributed by atoms with E-state index in [-0.39, 0.29) is 35.6 Å². The number of esters is 1. The maximum absolute atomic E-state index is 14.4. The number of aliphatic hydroxyl groups is 1. The molecule has 0 aromatic heterocycles. The number of allylic oxidation sites excluding steroid dienone is 1. The number of thioether (sulfide) groups is 1. The van der Waals surface area contributed by atoms with Crippen LogP contribution in [0.5, 0.6) is 0 Å². The minimum absolute atomic E-state index is 0.0921. The van der Waals surface area contributed by atoms with Crippen molar-refractivity contribution in [2.75, 3.05) is 24.7 Å². The second kappa shape index (κ2) is 10.5. The van der Waals surface area contributed by atoms with Crippen molar-refractivity contribution in [1.82, 2.24) is 4.90 Å². The molecule has 0 bridgehead atoms. The molecule has 4 aliphatic heterocycles. The highest BCUT2D eigenvalue weighted by molar-refractivity contribution is 8.02. The highest BCUT2D eigenvalue weighted by atomic mass is 35.5. The molecular weight excluding hydrogens is 512 g/mol. The zero-order valence-corrected chi connectivity index (χ0v) is 22.7. The van der Waals surface area contributed by atoms with Gasteiger partial charge in [-0.2, -0.15) is 0 Å².